The lowest BCUT2D eigenvalue weighted by molar-refractivity contribution is 0.151. The fraction of sp³-hybridized carbons (Fsp3) is 0.294. The smallest absolute Gasteiger partial charge is 0.120 e. The van der Waals surface area contributed by atoms with Crippen molar-refractivity contribution in [2.75, 3.05) is 0 Å². The Morgan fingerprint density at radius 3 is 2.42 bits per heavy atom. The number of ether oxygens (including phenoxy) is 1. The second-order valence-electron chi connectivity index (χ2n) is 5.32. The number of aliphatic hydroxyl groups is 1. The highest BCUT2D eigenvalue weighted by Crippen LogP contribution is 2.38. The van der Waals surface area contributed by atoms with Gasteiger partial charge in [0.25, 0.3) is 0 Å². The fourth-order valence-corrected chi connectivity index (χ4v) is 2.19. The monoisotopic (exact) mass is 254 g/mol. The van der Waals surface area contributed by atoms with Crippen LogP contribution in [0, 0.1) is 0 Å². The van der Waals surface area contributed by atoms with Crippen LogP contribution in [-0.4, -0.2) is 10.7 Å². The Labute approximate surface area is 113 Å². The zero-order valence-corrected chi connectivity index (χ0v) is 10.9. The predicted molar refractivity (Wildman–Crippen MR) is 75.1 cm³/mol. The first-order valence-corrected chi connectivity index (χ1v) is 6.72. The van der Waals surface area contributed by atoms with Gasteiger partial charge in [-0.3, -0.25) is 0 Å². The third-order valence-electron chi connectivity index (χ3n) is 3.51. The van der Waals surface area contributed by atoms with Gasteiger partial charge in [-0.05, 0) is 36.1 Å². The molecule has 1 N–H and O–H groups in total. The molecule has 0 amide bonds. The van der Waals surface area contributed by atoms with E-state index in [1.807, 2.05) is 42.5 Å². The summed E-state index contributed by atoms with van der Waals surface area (Å²) in [4.78, 5) is 0. The quantitative estimate of drug-likeness (QED) is 0.886. The maximum atomic E-state index is 9.94. The molecule has 0 aliphatic heterocycles. The van der Waals surface area contributed by atoms with Gasteiger partial charge in [-0.25, -0.2) is 0 Å². The number of hydrogen-bond donors (Lipinski definition) is 1. The topological polar surface area (TPSA) is 29.5 Å². The minimum absolute atomic E-state index is 0.446. The van der Waals surface area contributed by atoms with Crippen LogP contribution >= 0.6 is 0 Å². The van der Waals surface area contributed by atoms with Crippen LogP contribution < -0.4 is 4.74 Å². The summed E-state index contributed by atoms with van der Waals surface area (Å²) in [7, 11) is 0. The standard InChI is InChI=1S/C17H18O2/c18-17(9-10-17)12-15-7-4-8-16(11-15)19-13-14-5-2-1-3-6-14/h1-8,11,18H,9-10,12-13H2. The van der Waals surface area contributed by atoms with Crippen LogP contribution in [-0.2, 0) is 13.0 Å². The molecule has 1 aliphatic rings. The van der Waals surface area contributed by atoms with Crippen LogP contribution in [0.15, 0.2) is 54.6 Å². The molecular formula is C17H18O2. The lowest BCUT2D eigenvalue weighted by Gasteiger charge is -2.10. The van der Waals surface area contributed by atoms with E-state index in [2.05, 4.69) is 12.1 Å². The van der Waals surface area contributed by atoms with Gasteiger partial charge in [-0.15, -0.1) is 0 Å². The van der Waals surface area contributed by atoms with E-state index < -0.39 is 5.60 Å². The highest BCUT2D eigenvalue weighted by Gasteiger charge is 2.40. The van der Waals surface area contributed by atoms with E-state index in [0.29, 0.717) is 6.61 Å². The maximum absolute atomic E-state index is 9.94. The molecule has 0 heterocycles. The minimum Gasteiger partial charge on any atom is -0.489 e. The van der Waals surface area contributed by atoms with Crippen molar-refractivity contribution in [3.05, 3.63) is 65.7 Å². The Hall–Kier alpha value is -1.80. The number of rotatable bonds is 5. The van der Waals surface area contributed by atoms with Crippen molar-refractivity contribution < 1.29 is 9.84 Å². The molecule has 0 atom stereocenters. The van der Waals surface area contributed by atoms with E-state index in [1.165, 1.54) is 0 Å². The van der Waals surface area contributed by atoms with Gasteiger partial charge in [0.15, 0.2) is 0 Å². The molecule has 2 aromatic carbocycles. The van der Waals surface area contributed by atoms with Crippen molar-refractivity contribution in [1.82, 2.24) is 0 Å². The predicted octanol–water partition coefficient (Wildman–Crippen LogP) is 3.33. The van der Waals surface area contributed by atoms with Gasteiger partial charge >= 0.3 is 0 Å². The average Bonchev–Trinajstić information content (AvgIpc) is 3.15. The molecule has 1 fully saturated rings. The Balaban J connectivity index is 1.63. The fourth-order valence-electron chi connectivity index (χ4n) is 2.19. The zero-order valence-electron chi connectivity index (χ0n) is 10.9. The molecule has 2 heteroatoms. The lowest BCUT2D eigenvalue weighted by Crippen LogP contribution is -2.10. The SMILES string of the molecule is OC1(Cc2cccc(OCc3ccccc3)c2)CC1. The first-order valence-electron chi connectivity index (χ1n) is 6.72. The van der Waals surface area contributed by atoms with E-state index in [0.717, 1.165) is 36.1 Å². The summed E-state index contributed by atoms with van der Waals surface area (Å²) in [6.07, 6.45) is 2.57. The van der Waals surface area contributed by atoms with Crippen LogP contribution in [0.4, 0.5) is 0 Å². The summed E-state index contributed by atoms with van der Waals surface area (Å²) >= 11 is 0. The summed E-state index contributed by atoms with van der Waals surface area (Å²) in [5, 5.41) is 9.94. The molecule has 2 nitrogen and oxygen atoms in total. The molecule has 0 unspecified atom stereocenters. The minimum atomic E-state index is -0.446. The van der Waals surface area contributed by atoms with Crippen molar-refractivity contribution in [2.24, 2.45) is 0 Å². The molecule has 0 aromatic heterocycles. The summed E-state index contributed by atoms with van der Waals surface area (Å²) < 4.78 is 5.79. The third-order valence-corrected chi connectivity index (χ3v) is 3.51. The second kappa shape index (κ2) is 5.06. The van der Waals surface area contributed by atoms with Gasteiger partial charge in [0.05, 0.1) is 5.60 Å². The molecule has 0 spiro atoms. The van der Waals surface area contributed by atoms with Gasteiger partial charge in [-0.2, -0.15) is 0 Å². The lowest BCUT2D eigenvalue weighted by atomic mass is 10.1. The molecule has 1 aliphatic carbocycles. The zero-order chi connectivity index (χ0) is 13.1. The van der Waals surface area contributed by atoms with Crippen LogP contribution in [0.5, 0.6) is 5.75 Å². The van der Waals surface area contributed by atoms with Crippen LogP contribution in [0.25, 0.3) is 0 Å². The molecular weight excluding hydrogens is 236 g/mol. The summed E-state index contributed by atoms with van der Waals surface area (Å²) in [5.41, 5.74) is 1.86. The van der Waals surface area contributed by atoms with Crippen LogP contribution in [0.1, 0.15) is 24.0 Å². The summed E-state index contributed by atoms with van der Waals surface area (Å²) in [6.45, 7) is 0.578. The third kappa shape index (κ3) is 3.36. The molecule has 3 rings (SSSR count). The maximum Gasteiger partial charge on any atom is 0.120 e. The van der Waals surface area contributed by atoms with Gasteiger partial charge in [0, 0.05) is 6.42 Å². The first-order chi connectivity index (χ1) is 9.23. The largest absolute Gasteiger partial charge is 0.489 e. The Bertz CT molecular complexity index is 544. The summed E-state index contributed by atoms with van der Waals surface area (Å²) in [5.74, 6) is 0.866. The van der Waals surface area contributed by atoms with Gasteiger partial charge in [0.2, 0.25) is 0 Å². The highest BCUT2D eigenvalue weighted by atomic mass is 16.5. The van der Waals surface area contributed by atoms with Crippen molar-refractivity contribution in [2.45, 2.75) is 31.5 Å². The Morgan fingerprint density at radius 1 is 0.947 bits per heavy atom. The van der Waals surface area contributed by atoms with Crippen LogP contribution in [0.3, 0.4) is 0 Å². The van der Waals surface area contributed by atoms with Crippen LogP contribution in [0.2, 0.25) is 0 Å². The van der Waals surface area contributed by atoms with Crippen molar-refractivity contribution in [1.29, 1.82) is 0 Å². The first kappa shape index (κ1) is 12.2. The van der Waals surface area contributed by atoms with Crippen molar-refractivity contribution in [3.8, 4) is 5.75 Å². The molecule has 0 saturated heterocycles. The molecule has 19 heavy (non-hydrogen) atoms. The number of hydrogen-bond acceptors (Lipinski definition) is 2. The normalized spacial score (nSPS) is 16.1. The van der Waals surface area contributed by atoms with E-state index in [9.17, 15) is 5.11 Å². The van der Waals surface area contributed by atoms with E-state index >= 15 is 0 Å². The van der Waals surface area contributed by atoms with Crippen molar-refractivity contribution in [3.63, 3.8) is 0 Å². The van der Waals surface area contributed by atoms with Gasteiger partial charge in [0.1, 0.15) is 12.4 Å². The Kier molecular flexibility index (Phi) is 3.26. The molecule has 98 valence electrons. The average molecular weight is 254 g/mol. The van der Waals surface area contributed by atoms with Gasteiger partial charge in [-0.1, -0.05) is 42.5 Å². The second-order valence-corrected chi connectivity index (χ2v) is 5.32. The van der Waals surface area contributed by atoms with Crippen molar-refractivity contribution >= 4 is 0 Å². The Morgan fingerprint density at radius 2 is 1.68 bits per heavy atom. The van der Waals surface area contributed by atoms with E-state index in [1.54, 1.807) is 0 Å². The number of benzene rings is 2. The molecule has 2 aromatic rings. The van der Waals surface area contributed by atoms with E-state index in [4.69, 9.17) is 4.74 Å². The van der Waals surface area contributed by atoms with Gasteiger partial charge < -0.3 is 9.84 Å². The highest BCUT2D eigenvalue weighted by molar-refractivity contribution is 5.30. The van der Waals surface area contributed by atoms with E-state index in [-0.39, 0.29) is 0 Å². The summed E-state index contributed by atoms with van der Waals surface area (Å²) in [6, 6.07) is 18.2. The molecule has 1 saturated carbocycles. The molecule has 0 bridgehead atoms. The molecule has 0 radical (unpaired) electrons.